The molecule has 1 saturated heterocycles. The van der Waals surface area contributed by atoms with Crippen LogP contribution in [0.25, 0.3) is 0 Å². The van der Waals surface area contributed by atoms with E-state index < -0.39 is 0 Å². The third-order valence-electron chi connectivity index (χ3n) is 2.44. The summed E-state index contributed by atoms with van der Waals surface area (Å²) < 4.78 is 1.32. The van der Waals surface area contributed by atoms with Crippen LogP contribution in [-0.2, 0) is 0 Å². The highest BCUT2D eigenvalue weighted by Gasteiger charge is 2.22. The maximum Gasteiger partial charge on any atom is 0.264 e. The maximum atomic E-state index is 11.8. The third kappa shape index (κ3) is 1.77. The minimum Gasteiger partial charge on any atom is -0.396 e. The summed E-state index contributed by atoms with van der Waals surface area (Å²) in [7, 11) is 0. The van der Waals surface area contributed by atoms with Crippen molar-refractivity contribution in [1.29, 1.82) is 0 Å². The van der Waals surface area contributed by atoms with Gasteiger partial charge in [-0.25, -0.2) is 4.68 Å². The molecular formula is C9H14N4O. The number of carbonyl (C=O) groups excluding carboxylic acids is 1. The largest absolute Gasteiger partial charge is 0.396 e. The van der Waals surface area contributed by atoms with Gasteiger partial charge in [0.05, 0.1) is 24.1 Å². The van der Waals surface area contributed by atoms with Gasteiger partial charge in [-0.05, 0) is 19.4 Å². The lowest BCUT2D eigenvalue weighted by Gasteiger charge is -2.21. The van der Waals surface area contributed by atoms with Gasteiger partial charge in [0.2, 0.25) is 0 Å². The summed E-state index contributed by atoms with van der Waals surface area (Å²) >= 11 is 0. The second-order valence-corrected chi connectivity index (χ2v) is 3.56. The third-order valence-corrected chi connectivity index (χ3v) is 2.44. The molecule has 0 saturated carbocycles. The molecule has 14 heavy (non-hydrogen) atoms. The summed E-state index contributed by atoms with van der Waals surface area (Å²) in [6.45, 7) is 0.910. The van der Waals surface area contributed by atoms with Crippen molar-refractivity contribution in [1.82, 2.24) is 15.1 Å². The summed E-state index contributed by atoms with van der Waals surface area (Å²) in [6.07, 6.45) is 6.17. The minimum absolute atomic E-state index is 0.0126. The van der Waals surface area contributed by atoms with Gasteiger partial charge in [0.15, 0.2) is 0 Å². The predicted molar refractivity (Wildman–Crippen MR) is 52.9 cm³/mol. The summed E-state index contributed by atoms with van der Waals surface area (Å²) in [6, 6.07) is -0.0944. The monoisotopic (exact) mass is 194 g/mol. The van der Waals surface area contributed by atoms with Gasteiger partial charge < -0.3 is 11.1 Å². The highest BCUT2D eigenvalue weighted by molar-refractivity contribution is 5.84. The Bertz CT molecular complexity index is 327. The van der Waals surface area contributed by atoms with Crippen LogP contribution >= 0.6 is 0 Å². The molecule has 0 spiro atoms. The molecule has 1 atom stereocenters. The molecule has 0 aromatic carbocycles. The number of carbonyl (C=O) groups is 1. The lowest BCUT2D eigenvalue weighted by atomic mass is 10.0. The van der Waals surface area contributed by atoms with E-state index in [1.807, 2.05) is 0 Å². The Morgan fingerprint density at radius 2 is 2.50 bits per heavy atom. The second kappa shape index (κ2) is 3.79. The summed E-state index contributed by atoms with van der Waals surface area (Å²) in [5, 5.41) is 7.07. The van der Waals surface area contributed by atoms with Crippen LogP contribution in [0.1, 0.15) is 24.1 Å². The van der Waals surface area contributed by atoms with Crippen molar-refractivity contribution in [3.05, 3.63) is 12.4 Å². The molecule has 5 heteroatoms. The van der Waals surface area contributed by atoms with Crippen LogP contribution in [0.3, 0.4) is 0 Å². The Balaban J connectivity index is 2.07. The van der Waals surface area contributed by atoms with Gasteiger partial charge in [-0.2, -0.15) is 5.10 Å². The Labute approximate surface area is 82.3 Å². The lowest BCUT2D eigenvalue weighted by molar-refractivity contribution is 0.0826. The van der Waals surface area contributed by atoms with E-state index in [2.05, 4.69) is 10.4 Å². The second-order valence-electron chi connectivity index (χ2n) is 3.56. The molecule has 1 aliphatic heterocycles. The molecule has 1 fully saturated rings. The predicted octanol–water partition coefficient (Wildman–Crippen LogP) is 0.248. The summed E-state index contributed by atoms with van der Waals surface area (Å²) in [5.74, 6) is -0.0126. The zero-order valence-electron chi connectivity index (χ0n) is 7.94. The van der Waals surface area contributed by atoms with Crippen molar-refractivity contribution >= 4 is 11.6 Å². The number of piperidine rings is 1. The highest BCUT2D eigenvalue weighted by atomic mass is 16.2. The van der Waals surface area contributed by atoms with E-state index in [0.29, 0.717) is 5.69 Å². The number of nitrogens with one attached hydrogen (secondary N) is 1. The molecule has 0 radical (unpaired) electrons. The molecular weight excluding hydrogens is 180 g/mol. The standard InChI is InChI=1S/C9H14N4O/c10-7-5-12-13(6-7)9(14)8-3-1-2-4-11-8/h5-6,8,11H,1-4,10H2. The van der Waals surface area contributed by atoms with E-state index in [-0.39, 0.29) is 11.9 Å². The normalized spacial score (nSPS) is 22.1. The fourth-order valence-electron chi connectivity index (χ4n) is 1.68. The molecule has 76 valence electrons. The Morgan fingerprint density at radius 1 is 1.64 bits per heavy atom. The van der Waals surface area contributed by atoms with Crippen LogP contribution in [0.4, 0.5) is 5.69 Å². The molecule has 1 aromatic rings. The van der Waals surface area contributed by atoms with Crippen molar-refractivity contribution in [2.24, 2.45) is 0 Å². The molecule has 2 heterocycles. The average molecular weight is 194 g/mol. The quantitative estimate of drug-likeness (QED) is 0.672. The summed E-state index contributed by atoms with van der Waals surface area (Å²) in [4.78, 5) is 11.8. The molecule has 5 nitrogen and oxygen atoms in total. The number of rotatable bonds is 1. The van der Waals surface area contributed by atoms with Gasteiger partial charge in [0.1, 0.15) is 0 Å². The summed E-state index contributed by atoms with van der Waals surface area (Å²) in [5.41, 5.74) is 6.01. The molecule has 1 aliphatic rings. The lowest BCUT2D eigenvalue weighted by Crippen LogP contribution is -2.43. The van der Waals surface area contributed by atoms with E-state index >= 15 is 0 Å². The number of aromatic nitrogens is 2. The topological polar surface area (TPSA) is 72.9 Å². The fourth-order valence-corrected chi connectivity index (χ4v) is 1.68. The molecule has 0 aliphatic carbocycles. The number of nitrogens with two attached hydrogens (primary N) is 1. The number of hydrogen-bond donors (Lipinski definition) is 2. The SMILES string of the molecule is Nc1cnn(C(=O)C2CCCCN2)c1. The molecule has 0 amide bonds. The Hall–Kier alpha value is -1.36. The average Bonchev–Trinajstić information content (AvgIpc) is 2.65. The van der Waals surface area contributed by atoms with Crippen LogP contribution in [0.15, 0.2) is 12.4 Å². The van der Waals surface area contributed by atoms with Gasteiger partial charge in [0.25, 0.3) is 5.91 Å². The van der Waals surface area contributed by atoms with Crippen LogP contribution in [0, 0.1) is 0 Å². The van der Waals surface area contributed by atoms with E-state index in [1.54, 1.807) is 6.20 Å². The van der Waals surface area contributed by atoms with Crippen molar-refractivity contribution < 1.29 is 4.79 Å². The van der Waals surface area contributed by atoms with Gasteiger partial charge in [0, 0.05) is 0 Å². The molecule has 0 bridgehead atoms. The van der Waals surface area contributed by atoms with Crippen molar-refractivity contribution in [3.8, 4) is 0 Å². The highest BCUT2D eigenvalue weighted by Crippen LogP contribution is 2.09. The van der Waals surface area contributed by atoms with Gasteiger partial charge >= 0.3 is 0 Å². The van der Waals surface area contributed by atoms with Crippen molar-refractivity contribution in [2.75, 3.05) is 12.3 Å². The Kier molecular flexibility index (Phi) is 2.49. The first-order valence-corrected chi connectivity index (χ1v) is 4.85. The first-order valence-electron chi connectivity index (χ1n) is 4.85. The first kappa shape index (κ1) is 9.21. The van der Waals surface area contributed by atoms with E-state index in [1.165, 1.54) is 10.9 Å². The van der Waals surface area contributed by atoms with Gasteiger partial charge in [-0.15, -0.1) is 0 Å². The molecule has 1 unspecified atom stereocenters. The number of anilines is 1. The zero-order valence-corrected chi connectivity index (χ0v) is 7.94. The number of hydrogen-bond acceptors (Lipinski definition) is 4. The van der Waals surface area contributed by atoms with Crippen molar-refractivity contribution in [3.63, 3.8) is 0 Å². The fraction of sp³-hybridized carbons (Fsp3) is 0.556. The Morgan fingerprint density at radius 3 is 3.07 bits per heavy atom. The molecule has 2 rings (SSSR count). The van der Waals surface area contributed by atoms with Gasteiger partial charge in [-0.3, -0.25) is 4.79 Å². The minimum atomic E-state index is -0.0944. The van der Waals surface area contributed by atoms with E-state index in [4.69, 9.17) is 5.73 Å². The first-order chi connectivity index (χ1) is 6.77. The molecule has 1 aromatic heterocycles. The maximum absolute atomic E-state index is 11.8. The smallest absolute Gasteiger partial charge is 0.264 e. The van der Waals surface area contributed by atoms with Crippen molar-refractivity contribution in [2.45, 2.75) is 25.3 Å². The zero-order chi connectivity index (χ0) is 9.97. The number of nitrogens with zero attached hydrogens (tertiary/aromatic N) is 2. The number of nitrogen functional groups attached to an aromatic ring is 1. The van der Waals surface area contributed by atoms with Crippen LogP contribution in [-0.4, -0.2) is 28.3 Å². The van der Waals surface area contributed by atoms with E-state index in [0.717, 1.165) is 25.8 Å². The van der Waals surface area contributed by atoms with Crippen LogP contribution in [0.5, 0.6) is 0 Å². The molecule has 3 N–H and O–H groups in total. The van der Waals surface area contributed by atoms with Gasteiger partial charge in [-0.1, -0.05) is 6.42 Å². The van der Waals surface area contributed by atoms with Crippen LogP contribution < -0.4 is 11.1 Å². The van der Waals surface area contributed by atoms with Crippen LogP contribution in [0.2, 0.25) is 0 Å². The van der Waals surface area contributed by atoms with E-state index in [9.17, 15) is 4.79 Å².